The topological polar surface area (TPSA) is 82.3 Å². The van der Waals surface area contributed by atoms with Crippen molar-refractivity contribution in [1.82, 2.24) is 14.6 Å². The number of nitrogens with zero attached hydrogens (tertiary/aromatic N) is 1. The average Bonchev–Trinajstić information content (AvgIpc) is 2.67. The minimum absolute atomic E-state index is 0.188. The molecule has 0 aliphatic rings. The van der Waals surface area contributed by atoms with Gasteiger partial charge in [0.15, 0.2) is 0 Å². The summed E-state index contributed by atoms with van der Waals surface area (Å²) < 4.78 is 27.8. The number of hydrogen-bond acceptors (Lipinski definition) is 4. The molecule has 1 aromatic heterocycles. The van der Waals surface area contributed by atoms with Crippen LogP contribution in [0.3, 0.4) is 0 Å². The number of aromatic nitrogens is 1. The first-order chi connectivity index (χ1) is 13.0. The Bertz CT molecular complexity index is 1060. The molecule has 0 amide bonds. The number of nitrogens with one attached hydrogen (secondary N) is 2. The van der Waals surface area contributed by atoms with E-state index >= 15 is 0 Å². The molecule has 0 radical (unpaired) electrons. The van der Waals surface area contributed by atoms with Gasteiger partial charge in [0, 0.05) is 31.2 Å². The molecule has 7 heteroatoms. The summed E-state index contributed by atoms with van der Waals surface area (Å²) in [5.41, 5.74) is 1.60. The van der Waals surface area contributed by atoms with Crippen LogP contribution in [0.4, 0.5) is 0 Å². The van der Waals surface area contributed by atoms with Crippen molar-refractivity contribution in [3.8, 4) is 0 Å². The first-order valence-electron chi connectivity index (χ1n) is 8.87. The van der Waals surface area contributed by atoms with Gasteiger partial charge in [0.25, 0.3) is 0 Å². The Balaban J connectivity index is 1.64. The highest BCUT2D eigenvalue weighted by Gasteiger charge is 2.15. The smallest absolute Gasteiger partial charge is 0.248 e. The van der Waals surface area contributed by atoms with Gasteiger partial charge in [0.05, 0.1) is 4.90 Å². The lowest BCUT2D eigenvalue weighted by molar-refractivity contribution is 0.285. The molecule has 6 nitrogen and oxygen atoms in total. The molecule has 0 spiro atoms. The number of fused-ring (bicyclic) bond motifs is 1. The highest BCUT2D eigenvalue weighted by Crippen LogP contribution is 2.16. The number of rotatable bonds is 8. The molecule has 0 saturated heterocycles. The van der Waals surface area contributed by atoms with Crippen LogP contribution < -0.4 is 10.3 Å². The molecule has 0 aliphatic carbocycles. The van der Waals surface area contributed by atoms with Gasteiger partial charge < -0.3 is 4.98 Å². The summed E-state index contributed by atoms with van der Waals surface area (Å²) >= 11 is 0. The Labute approximate surface area is 158 Å². The molecular formula is C20H23N3O3S. The van der Waals surface area contributed by atoms with E-state index in [9.17, 15) is 13.2 Å². The molecule has 0 bridgehead atoms. The summed E-state index contributed by atoms with van der Waals surface area (Å²) in [6.07, 6.45) is 0. The molecule has 0 fully saturated rings. The molecule has 27 heavy (non-hydrogen) atoms. The maximum Gasteiger partial charge on any atom is 0.248 e. The summed E-state index contributed by atoms with van der Waals surface area (Å²) in [6, 6.07) is 17.8. The Morgan fingerprint density at radius 1 is 1.04 bits per heavy atom. The van der Waals surface area contributed by atoms with Crippen LogP contribution in [-0.2, 0) is 16.6 Å². The molecule has 2 N–H and O–H groups in total. The number of sulfonamides is 1. The van der Waals surface area contributed by atoms with Crippen LogP contribution in [0.25, 0.3) is 10.9 Å². The highest BCUT2D eigenvalue weighted by atomic mass is 32.2. The zero-order chi connectivity index (χ0) is 19.3. The van der Waals surface area contributed by atoms with Crippen LogP contribution in [-0.4, -0.2) is 37.9 Å². The van der Waals surface area contributed by atoms with Gasteiger partial charge in [0.2, 0.25) is 15.6 Å². The Hall–Kier alpha value is -2.48. The number of likely N-dealkylation sites (N-methyl/N-ethyl adjacent to an activating group) is 1. The summed E-state index contributed by atoms with van der Waals surface area (Å²) in [7, 11) is -3.61. The SMILES string of the molecule is CCN(CCNS(=O)(=O)c1ccc2[nH]c(=O)ccc2c1)Cc1ccccc1. The Kier molecular flexibility index (Phi) is 6.05. The predicted octanol–water partition coefficient (Wildman–Crippen LogP) is 2.33. The Morgan fingerprint density at radius 3 is 2.56 bits per heavy atom. The normalized spacial score (nSPS) is 11.9. The van der Waals surface area contributed by atoms with E-state index in [4.69, 9.17) is 0 Å². The monoisotopic (exact) mass is 385 g/mol. The quantitative estimate of drug-likeness (QED) is 0.623. The van der Waals surface area contributed by atoms with Crippen LogP contribution in [0.15, 0.2) is 70.4 Å². The number of hydrogen-bond donors (Lipinski definition) is 2. The minimum Gasteiger partial charge on any atom is -0.322 e. The van der Waals surface area contributed by atoms with Crippen molar-refractivity contribution in [3.05, 3.63) is 76.6 Å². The van der Waals surface area contributed by atoms with Gasteiger partial charge in [-0.05, 0) is 41.8 Å². The molecule has 0 aliphatic heterocycles. The van der Waals surface area contributed by atoms with E-state index < -0.39 is 10.0 Å². The van der Waals surface area contributed by atoms with Crippen molar-refractivity contribution in [2.45, 2.75) is 18.4 Å². The van der Waals surface area contributed by atoms with Crippen LogP contribution in [0.1, 0.15) is 12.5 Å². The van der Waals surface area contributed by atoms with Crippen molar-refractivity contribution in [3.63, 3.8) is 0 Å². The second-order valence-corrected chi connectivity index (χ2v) is 8.09. The second kappa shape index (κ2) is 8.47. The van der Waals surface area contributed by atoms with Gasteiger partial charge in [-0.2, -0.15) is 0 Å². The van der Waals surface area contributed by atoms with Crippen molar-refractivity contribution >= 4 is 20.9 Å². The van der Waals surface area contributed by atoms with E-state index in [1.54, 1.807) is 18.2 Å². The first kappa shape index (κ1) is 19.3. The van der Waals surface area contributed by atoms with Gasteiger partial charge in [-0.1, -0.05) is 37.3 Å². The fourth-order valence-electron chi connectivity index (χ4n) is 2.91. The summed E-state index contributed by atoms with van der Waals surface area (Å²) in [6.45, 7) is 4.61. The fraction of sp³-hybridized carbons (Fsp3) is 0.250. The molecule has 0 saturated carbocycles. The maximum absolute atomic E-state index is 12.6. The molecule has 2 aromatic carbocycles. The number of aromatic amines is 1. The number of benzene rings is 2. The van der Waals surface area contributed by atoms with E-state index in [2.05, 4.69) is 33.7 Å². The summed E-state index contributed by atoms with van der Waals surface area (Å²) in [4.78, 5) is 16.4. The molecule has 3 aromatic rings. The van der Waals surface area contributed by atoms with Crippen LogP contribution in [0, 0.1) is 0 Å². The van der Waals surface area contributed by atoms with E-state index in [1.165, 1.54) is 17.7 Å². The lowest BCUT2D eigenvalue weighted by Gasteiger charge is -2.20. The summed E-state index contributed by atoms with van der Waals surface area (Å²) in [5, 5.41) is 0.678. The third-order valence-electron chi connectivity index (χ3n) is 4.42. The molecule has 142 valence electrons. The summed E-state index contributed by atoms with van der Waals surface area (Å²) in [5.74, 6) is 0. The minimum atomic E-state index is -3.61. The maximum atomic E-state index is 12.6. The van der Waals surface area contributed by atoms with Crippen molar-refractivity contribution in [2.75, 3.05) is 19.6 Å². The number of H-pyrrole nitrogens is 1. The van der Waals surface area contributed by atoms with Crippen LogP contribution in [0.5, 0.6) is 0 Å². The predicted molar refractivity (Wildman–Crippen MR) is 107 cm³/mol. The lowest BCUT2D eigenvalue weighted by atomic mass is 10.2. The molecule has 0 atom stereocenters. The van der Waals surface area contributed by atoms with Gasteiger partial charge in [-0.25, -0.2) is 13.1 Å². The van der Waals surface area contributed by atoms with Crippen molar-refractivity contribution in [2.24, 2.45) is 0 Å². The van der Waals surface area contributed by atoms with Crippen LogP contribution >= 0.6 is 0 Å². The largest absolute Gasteiger partial charge is 0.322 e. The van der Waals surface area contributed by atoms with Crippen molar-refractivity contribution < 1.29 is 8.42 Å². The Morgan fingerprint density at radius 2 is 1.81 bits per heavy atom. The second-order valence-electron chi connectivity index (χ2n) is 6.32. The van der Waals surface area contributed by atoms with E-state index in [-0.39, 0.29) is 10.5 Å². The lowest BCUT2D eigenvalue weighted by Crippen LogP contribution is -2.34. The number of pyridine rings is 1. The third-order valence-corrected chi connectivity index (χ3v) is 5.88. The average molecular weight is 385 g/mol. The van der Waals surface area contributed by atoms with Gasteiger partial charge in [0.1, 0.15) is 0 Å². The van der Waals surface area contributed by atoms with Crippen molar-refractivity contribution in [1.29, 1.82) is 0 Å². The fourth-order valence-corrected chi connectivity index (χ4v) is 3.97. The highest BCUT2D eigenvalue weighted by molar-refractivity contribution is 7.89. The first-order valence-corrected chi connectivity index (χ1v) is 10.4. The zero-order valence-electron chi connectivity index (χ0n) is 15.2. The molecule has 0 unspecified atom stereocenters. The third kappa shape index (κ3) is 5.03. The van der Waals surface area contributed by atoms with Gasteiger partial charge in [-0.15, -0.1) is 0 Å². The van der Waals surface area contributed by atoms with E-state index in [0.717, 1.165) is 13.1 Å². The van der Waals surface area contributed by atoms with Gasteiger partial charge in [-0.3, -0.25) is 9.69 Å². The zero-order valence-corrected chi connectivity index (χ0v) is 16.0. The van der Waals surface area contributed by atoms with Crippen LogP contribution in [0.2, 0.25) is 0 Å². The standard InChI is InChI=1S/C20H23N3O3S/c1-2-23(15-16-6-4-3-5-7-16)13-12-21-27(25,26)18-9-10-19-17(14-18)8-11-20(24)22-19/h3-11,14,21H,2,12-13,15H2,1H3,(H,22,24). The van der Waals surface area contributed by atoms with E-state index in [0.29, 0.717) is 24.0 Å². The van der Waals surface area contributed by atoms with Gasteiger partial charge >= 0.3 is 0 Å². The molecular weight excluding hydrogens is 362 g/mol. The van der Waals surface area contributed by atoms with E-state index in [1.807, 2.05) is 18.2 Å². The molecule has 3 rings (SSSR count). The molecule has 1 heterocycles.